The van der Waals surface area contributed by atoms with Crippen molar-refractivity contribution in [3.05, 3.63) is 18.0 Å². The molecule has 3 nitrogen and oxygen atoms in total. The van der Waals surface area contributed by atoms with Crippen LogP contribution in [0, 0.1) is 5.92 Å². The van der Waals surface area contributed by atoms with E-state index >= 15 is 0 Å². The van der Waals surface area contributed by atoms with Crippen molar-refractivity contribution >= 4 is 0 Å². The molecular formula is C16H29N3. The Kier molecular flexibility index (Phi) is 5.44. The lowest BCUT2D eigenvalue weighted by atomic mass is 9.91. The third-order valence-electron chi connectivity index (χ3n) is 4.27. The van der Waals surface area contributed by atoms with Crippen LogP contribution in [0.1, 0.15) is 70.5 Å². The molecule has 0 bridgehead atoms. The molecule has 19 heavy (non-hydrogen) atoms. The molecule has 2 rings (SSSR count). The maximum Gasteiger partial charge on any atom is 0.0640 e. The summed E-state index contributed by atoms with van der Waals surface area (Å²) in [5.41, 5.74) is 7.47. The van der Waals surface area contributed by atoms with Crippen molar-refractivity contribution in [2.75, 3.05) is 0 Å². The number of hydrogen-bond donors (Lipinski definition) is 1. The summed E-state index contributed by atoms with van der Waals surface area (Å²) >= 11 is 0. The Labute approximate surface area is 117 Å². The van der Waals surface area contributed by atoms with Gasteiger partial charge in [0.25, 0.3) is 0 Å². The number of rotatable bonds is 5. The number of hydrogen-bond acceptors (Lipinski definition) is 2. The molecule has 0 radical (unpaired) electrons. The SMILES string of the molecule is CC(C)n1ccc(CC(N)CC2CCCCCC2)n1. The Morgan fingerprint density at radius 1 is 1.26 bits per heavy atom. The van der Waals surface area contributed by atoms with Gasteiger partial charge in [-0.3, -0.25) is 4.68 Å². The van der Waals surface area contributed by atoms with E-state index in [0.717, 1.165) is 18.0 Å². The van der Waals surface area contributed by atoms with E-state index in [9.17, 15) is 0 Å². The van der Waals surface area contributed by atoms with Crippen molar-refractivity contribution in [1.82, 2.24) is 9.78 Å². The van der Waals surface area contributed by atoms with Gasteiger partial charge in [-0.2, -0.15) is 5.10 Å². The second-order valence-electron chi connectivity index (χ2n) is 6.44. The van der Waals surface area contributed by atoms with Crippen molar-refractivity contribution in [3.63, 3.8) is 0 Å². The van der Waals surface area contributed by atoms with Gasteiger partial charge in [0, 0.05) is 24.7 Å². The maximum atomic E-state index is 6.32. The van der Waals surface area contributed by atoms with Crippen LogP contribution >= 0.6 is 0 Å². The molecule has 1 heterocycles. The molecule has 0 aliphatic heterocycles. The van der Waals surface area contributed by atoms with Gasteiger partial charge in [-0.05, 0) is 32.3 Å². The third-order valence-corrected chi connectivity index (χ3v) is 4.27. The molecule has 0 aromatic carbocycles. The first-order valence-corrected chi connectivity index (χ1v) is 7.94. The summed E-state index contributed by atoms with van der Waals surface area (Å²) in [7, 11) is 0. The summed E-state index contributed by atoms with van der Waals surface area (Å²) in [6.45, 7) is 4.31. The minimum absolute atomic E-state index is 0.276. The zero-order valence-electron chi connectivity index (χ0n) is 12.5. The van der Waals surface area contributed by atoms with E-state index in [1.165, 1.54) is 44.9 Å². The summed E-state index contributed by atoms with van der Waals surface area (Å²) < 4.78 is 2.02. The minimum atomic E-state index is 0.276. The van der Waals surface area contributed by atoms with Crippen LogP contribution in [-0.2, 0) is 6.42 Å². The van der Waals surface area contributed by atoms with Crippen molar-refractivity contribution in [2.45, 2.75) is 77.3 Å². The highest BCUT2D eigenvalue weighted by atomic mass is 15.3. The highest BCUT2D eigenvalue weighted by Crippen LogP contribution is 2.26. The van der Waals surface area contributed by atoms with Crippen LogP contribution in [0.15, 0.2) is 12.3 Å². The molecule has 0 amide bonds. The predicted octanol–water partition coefficient (Wildman–Crippen LogP) is 3.69. The van der Waals surface area contributed by atoms with Gasteiger partial charge in [0.1, 0.15) is 0 Å². The molecule has 1 fully saturated rings. The first kappa shape index (κ1) is 14.6. The fourth-order valence-corrected chi connectivity index (χ4v) is 3.15. The molecule has 108 valence electrons. The van der Waals surface area contributed by atoms with Crippen LogP contribution in [0.5, 0.6) is 0 Å². The minimum Gasteiger partial charge on any atom is -0.327 e. The molecule has 1 aliphatic carbocycles. The monoisotopic (exact) mass is 263 g/mol. The first-order valence-electron chi connectivity index (χ1n) is 7.94. The van der Waals surface area contributed by atoms with E-state index in [4.69, 9.17) is 5.73 Å². The predicted molar refractivity (Wildman–Crippen MR) is 80.1 cm³/mol. The topological polar surface area (TPSA) is 43.8 Å². The third kappa shape index (κ3) is 4.64. The van der Waals surface area contributed by atoms with Gasteiger partial charge in [0.05, 0.1) is 5.69 Å². The molecule has 1 atom stereocenters. The normalized spacial score (nSPS) is 19.6. The van der Waals surface area contributed by atoms with E-state index in [0.29, 0.717) is 6.04 Å². The Bertz CT molecular complexity index is 362. The zero-order chi connectivity index (χ0) is 13.7. The largest absolute Gasteiger partial charge is 0.327 e. The molecule has 1 saturated carbocycles. The van der Waals surface area contributed by atoms with Gasteiger partial charge in [0.15, 0.2) is 0 Å². The van der Waals surface area contributed by atoms with Crippen LogP contribution in [0.3, 0.4) is 0 Å². The summed E-state index contributed by atoms with van der Waals surface area (Å²) in [4.78, 5) is 0. The quantitative estimate of drug-likeness (QED) is 0.823. The Morgan fingerprint density at radius 2 is 1.95 bits per heavy atom. The lowest BCUT2D eigenvalue weighted by molar-refractivity contribution is 0.385. The molecule has 2 N–H and O–H groups in total. The van der Waals surface area contributed by atoms with Crippen LogP contribution < -0.4 is 5.73 Å². The van der Waals surface area contributed by atoms with Gasteiger partial charge in [-0.25, -0.2) is 0 Å². The lowest BCUT2D eigenvalue weighted by Crippen LogP contribution is -2.26. The van der Waals surface area contributed by atoms with Crippen molar-refractivity contribution in [2.24, 2.45) is 11.7 Å². The van der Waals surface area contributed by atoms with Crippen molar-refractivity contribution < 1.29 is 0 Å². The maximum absolute atomic E-state index is 6.32. The fraction of sp³-hybridized carbons (Fsp3) is 0.812. The van der Waals surface area contributed by atoms with E-state index in [1.54, 1.807) is 0 Å². The molecule has 0 spiro atoms. The van der Waals surface area contributed by atoms with E-state index in [2.05, 4.69) is 31.2 Å². The van der Waals surface area contributed by atoms with Crippen LogP contribution in [-0.4, -0.2) is 15.8 Å². The second-order valence-corrected chi connectivity index (χ2v) is 6.44. The summed E-state index contributed by atoms with van der Waals surface area (Å²) in [5.74, 6) is 0.852. The number of nitrogens with two attached hydrogens (primary N) is 1. The Hall–Kier alpha value is -0.830. The van der Waals surface area contributed by atoms with Gasteiger partial charge in [-0.15, -0.1) is 0 Å². The fourth-order valence-electron chi connectivity index (χ4n) is 3.15. The zero-order valence-corrected chi connectivity index (χ0v) is 12.5. The van der Waals surface area contributed by atoms with Gasteiger partial charge in [0.2, 0.25) is 0 Å². The highest BCUT2D eigenvalue weighted by Gasteiger charge is 2.17. The average Bonchev–Trinajstić information content (AvgIpc) is 2.67. The summed E-state index contributed by atoms with van der Waals surface area (Å²) in [6.07, 6.45) is 12.6. The standard InChI is InChI=1S/C16H29N3/c1-13(2)19-10-9-16(18-19)12-15(17)11-14-7-5-3-4-6-8-14/h9-10,13-15H,3-8,11-12,17H2,1-2H3. The molecule has 1 aromatic heterocycles. The average molecular weight is 263 g/mol. The highest BCUT2D eigenvalue weighted by molar-refractivity contribution is 5.02. The molecule has 1 unspecified atom stereocenters. The first-order chi connectivity index (χ1) is 9.15. The Balaban J connectivity index is 1.80. The Morgan fingerprint density at radius 3 is 2.53 bits per heavy atom. The van der Waals surface area contributed by atoms with E-state index in [1.807, 2.05) is 4.68 Å². The lowest BCUT2D eigenvalue weighted by Gasteiger charge is -2.18. The molecule has 1 aromatic rings. The number of nitrogens with zero attached hydrogens (tertiary/aromatic N) is 2. The van der Waals surface area contributed by atoms with Gasteiger partial charge in [-0.1, -0.05) is 38.5 Å². The smallest absolute Gasteiger partial charge is 0.0640 e. The van der Waals surface area contributed by atoms with E-state index < -0.39 is 0 Å². The van der Waals surface area contributed by atoms with Crippen LogP contribution in [0.25, 0.3) is 0 Å². The number of aromatic nitrogens is 2. The molecular weight excluding hydrogens is 234 g/mol. The molecule has 3 heteroatoms. The summed E-state index contributed by atoms with van der Waals surface area (Å²) in [6, 6.07) is 2.83. The van der Waals surface area contributed by atoms with Crippen LogP contribution in [0.2, 0.25) is 0 Å². The summed E-state index contributed by atoms with van der Waals surface area (Å²) in [5, 5.41) is 4.60. The molecule has 0 saturated heterocycles. The second kappa shape index (κ2) is 7.09. The van der Waals surface area contributed by atoms with E-state index in [-0.39, 0.29) is 6.04 Å². The van der Waals surface area contributed by atoms with Gasteiger partial charge >= 0.3 is 0 Å². The molecule has 1 aliphatic rings. The van der Waals surface area contributed by atoms with Crippen molar-refractivity contribution in [3.8, 4) is 0 Å². The van der Waals surface area contributed by atoms with Crippen LogP contribution in [0.4, 0.5) is 0 Å². The van der Waals surface area contributed by atoms with Crippen molar-refractivity contribution in [1.29, 1.82) is 0 Å². The van der Waals surface area contributed by atoms with Gasteiger partial charge < -0.3 is 5.73 Å².